The SMILES string of the molecule is FC1Cc2c(c3nc4nc(nc5[n-]c(nc6nc(nc2[n-]3)C2CC(F)C(F)CC62)C2CC(F)C(F)CC52)C2CC(F)C(F)CC42)CC1F.[Cu+2]. The number of nitrogens with zero attached hydrogens (tertiary/aromatic N) is 8. The molecule has 7 aliphatic rings. The molecule has 3 fully saturated rings. The van der Waals surface area contributed by atoms with Crippen LogP contribution in [0.3, 0.4) is 0 Å². The molecule has 17 heteroatoms. The first-order valence-electron chi connectivity index (χ1n) is 16.6. The van der Waals surface area contributed by atoms with Gasteiger partial charge in [0.15, 0.2) is 0 Å². The van der Waals surface area contributed by atoms with Gasteiger partial charge in [0.1, 0.15) is 49.4 Å². The Morgan fingerprint density at radius 1 is 0.367 bits per heavy atom. The number of hydrogen-bond acceptors (Lipinski definition) is 6. The summed E-state index contributed by atoms with van der Waals surface area (Å²) in [6.45, 7) is 0. The molecule has 8 bridgehead atoms. The molecule has 8 nitrogen and oxygen atoms in total. The van der Waals surface area contributed by atoms with Gasteiger partial charge in [-0.05, 0) is 73.1 Å². The average Bonchev–Trinajstić information content (AvgIpc) is 3.74. The molecule has 3 aliphatic heterocycles. The largest absolute Gasteiger partial charge is 2.00 e. The summed E-state index contributed by atoms with van der Waals surface area (Å²) < 4.78 is 118. The third-order valence-corrected chi connectivity index (χ3v) is 11.4. The van der Waals surface area contributed by atoms with E-state index < -0.39 is 84.9 Å². The van der Waals surface area contributed by atoms with Gasteiger partial charge in [-0.25, -0.2) is 35.1 Å². The molecule has 0 spiro atoms. The zero-order chi connectivity index (χ0) is 33.2. The Morgan fingerprint density at radius 2 is 0.673 bits per heavy atom. The summed E-state index contributed by atoms with van der Waals surface area (Å²) in [4.78, 5) is 36.8. The number of hydrogen-bond donors (Lipinski definition) is 0. The van der Waals surface area contributed by atoms with Gasteiger partial charge in [-0.3, -0.25) is 9.97 Å². The number of aromatic nitrogens is 8. The van der Waals surface area contributed by atoms with Crippen molar-refractivity contribution in [2.24, 2.45) is 0 Å². The molecule has 14 unspecified atom stereocenters. The Hall–Kier alpha value is -2.94. The average molecular weight is 742 g/mol. The van der Waals surface area contributed by atoms with Crippen LogP contribution in [0.15, 0.2) is 0 Å². The van der Waals surface area contributed by atoms with E-state index in [9.17, 15) is 35.1 Å². The number of rotatable bonds is 0. The third kappa shape index (κ3) is 5.34. The van der Waals surface area contributed by atoms with Gasteiger partial charge in [-0.2, -0.15) is 0 Å². The summed E-state index contributed by atoms with van der Waals surface area (Å²) in [5.74, 6) is -3.68. The van der Waals surface area contributed by atoms with Crippen LogP contribution in [-0.2, 0) is 29.9 Å². The Bertz CT molecular complexity index is 1720. The van der Waals surface area contributed by atoms with E-state index in [-0.39, 0.29) is 115 Å². The number of alkyl halides is 8. The fourth-order valence-corrected chi connectivity index (χ4v) is 8.75. The molecule has 0 N–H and O–H groups in total. The van der Waals surface area contributed by atoms with Gasteiger partial charge in [0.2, 0.25) is 0 Å². The van der Waals surface area contributed by atoms with Gasteiger partial charge in [0.25, 0.3) is 0 Å². The first-order chi connectivity index (χ1) is 23.0. The fourth-order valence-electron chi connectivity index (χ4n) is 8.75. The summed E-state index contributed by atoms with van der Waals surface area (Å²) in [6.07, 6.45) is -16.7. The third-order valence-electron chi connectivity index (χ3n) is 11.4. The van der Waals surface area contributed by atoms with Crippen LogP contribution in [-0.4, -0.2) is 79.3 Å². The van der Waals surface area contributed by atoms with Crippen LogP contribution in [0.4, 0.5) is 35.1 Å². The van der Waals surface area contributed by atoms with E-state index in [1.165, 1.54) is 0 Å². The van der Waals surface area contributed by atoms with Crippen LogP contribution in [0, 0.1) is 0 Å². The summed E-state index contributed by atoms with van der Waals surface area (Å²) in [6, 6.07) is 0. The Kier molecular flexibility index (Phi) is 8.20. The molecule has 0 saturated heterocycles. The molecule has 265 valence electrons. The number of fused-ring (bicyclic) bond motifs is 20. The molecule has 0 aromatic carbocycles. The second kappa shape index (κ2) is 12.1. The van der Waals surface area contributed by atoms with Crippen molar-refractivity contribution < 1.29 is 52.2 Å². The molecule has 2 aromatic heterocycles. The van der Waals surface area contributed by atoms with E-state index in [4.69, 9.17) is 0 Å². The van der Waals surface area contributed by atoms with Crippen molar-refractivity contribution in [2.45, 2.75) is 136 Å². The molecule has 2 aromatic rings. The van der Waals surface area contributed by atoms with Crippen molar-refractivity contribution in [3.05, 3.63) is 46.1 Å². The van der Waals surface area contributed by atoms with Crippen LogP contribution in [0.5, 0.6) is 0 Å². The van der Waals surface area contributed by atoms with E-state index in [0.29, 0.717) is 11.1 Å². The van der Waals surface area contributed by atoms with Gasteiger partial charge in [-0.1, -0.05) is 0 Å². The number of halogens is 8. The predicted octanol–water partition coefficient (Wildman–Crippen LogP) is 5.66. The maximum Gasteiger partial charge on any atom is 2.00 e. The van der Waals surface area contributed by atoms with Gasteiger partial charge in [0, 0.05) is 47.8 Å². The minimum atomic E-state index is -1.85. The van der Waals surface area contributed by atoms with E-state index in [1.807, 2.05) is 0 Å². The first-order valence-corrected chi connectivity index (χ1v) is 16.6. The van der Waals surface area contributed by atoms with Crippen LogP contribution in [0.2, 0.25) is 0 Å². The van der Waals surface area contributed by atoms with Gasteiger partial charge >= 0.3 is 17.1 Å². The van der Waals surface area contributed by atoms with Crippen LogP contribution in [0.25, 0.3) is 11.3 Å². The quantitative estimate of drug-likeness (QED) is 0.252. The van der Waals surface area contributed by atoms with Crippen molar-refractivity contribution in [1.29, 1.82) is 0 Å². The maximum absolute atomic E-state index is 14.8. The molecule has 3 saturated carbocycles. The minimum Gasteiger partial charge on any atom is -0.366 e. The molecule has 14 atom stereocenters. The topological polar surface area (TPSA) is 106 Å². The van der Waals surface area contributed by atoms with E-state index in [2.05, 4.69) is 39.9 Å². The summed E-state index contributed by atoms with van der Waals surface area (Å²) in [7, 11) is 0. The van der Waals surface area contributed by atoms with Crippen molar-refractivity contribution in [2.75, 3.05) is 0 Å². The molecular formula is C32H30CuF8N8. The summed E-state index contributed by atoms with van der Waals surface area (Å²) >= 11 is 0. The van der Waals surface area contributed by atoms with Gasteiger partial charge in [-0.15, -0.1) is 0 Å². The van der Waals surface area contributed by atoms with E-state index in [1.54, 1.807) is 0 Å². The van der Waals surface area contributed by atoms with Crippen LogP contribution in [0.1, 0.15) is 120 Å². The second-order valence-corrected chi connectivity index (χ2v) is 14.2. The van der Waals surface area contributed by atoms with Crippen molar-refractivity contribution in [3.8, 4) is 0 Å². The molecule has 5 heterocycles. The first kappa shape index (κ1) is 33.2. The Morgan fingerprint density at radius 3 is 1.02 bits per heavy atom. The molecule has 49 heavy (non-hydrogen) atoms. The monoisotopic (exact) mass is 741 g/mol. The molecular weight excluding hydrogens is 712 g/mol. The Balaban J connectivity index is 0.00000348. The standard InChI is InChI=1S/C32H30F8N8.Cu/c33-17-1-9-10(2-18(17)34)26-41-25(9)45-27-11-3-19(35)20(36)4-12(11)29(42-27)47-31-15-7-23(39)24(40)8-16(15)32(44-31)48-30-14-6-22(38)21(37)5-13(14)28(43-30)46-26;/h9-14,17-24H,1-8H2;/q-2;+2. The molecule has 1 radical (unpaired) electrons. The predicted molar refractivity (Wildman–Crippen MR) is 152 cm³/mol. The molecule has 4 aliphatic carbocycles. The van der Waals surface area contributed by atoms with E-state index in [0.717, 1.165) is 0 Å². The summed E-state index contributed by atoms with van der Waals surface area (Å²) in [5, 5.41) is 0. The minimum absolute atomic E-state index is 0. The maximum atomic E-state index is 14.8. The van der Waals surface area contributed by atoms with E-state index >= 15 is 0 Å². The smallest absolute Gasteiger partial charge is 0.366 e. The van der Waals surface area contributed by atoms with Crippen molar-refractivity contribution in [3.63, 3.8) is 0 Å². The van der Waals surface area contributed by atoms with Gasteiger partial charge < -0.3 is 29.9 Å². The zero-order valence-corrected chi connectivity index (χ0v) is 26.6. The zero-order valence-electron chi connectivity index (χ0n) is 25.6. The molecule has 0 amide bonds. The normalized spacial score (nSPS) is 40.2. The molecule has 9 rings (SSSR count). The van der Waals surface area contributed by atoms with Crippen LogP contribution >= 0.6 is 0 Å². The summed E-state index contributed by atoms with van der Waals surface area (Å²) in [5.41, 5.74) is 0.576. The Labute approximate surface area is 285 Å². The van der Waals surface area contributed by atoms with Crippen molar-refractivity contribution >= 4 is 11.3 Å². The van der Waals surface area contributed by atoms with Gasteiger partial charge in [0.05, 0.1) is 23.3 Å². The van der Waals surface area contributed by atoms with Crippen LogP contribution < -0.4 is 9.97 Å². The van der Waals surface area contributed by atoms with Crippen molar-refractivity contribution in [1.82, 2.24) is 39.9 Å². The second-order valence-electron chi connectivity index (χ2n) is 14.2. The fraction of sp³-hybridized carbons (Fsp3) is 0.688.